The van der Waals surface area contributed by atoms with E-state index in [1.165, 1.54) is 56.7 Å². The van der Waals surface area contributed by atoms with Crippen molar-refractivity contribution in [1.82, 2.24) is 0 Å². The minimum absolute atomic E-state index is 0.206. The summed E-state index contributed by atoms with van der Waals surface area (Å²) in [5.41, 5.74) is 0.714. The van der Waals surface area contributed by atoms with Crippen LogP contribution in [-0.4, -0.2) is 31.6 Å². The average molecular weight is 433 g/mol. The quantitative estimate of drug-likeness (QED) is 0.170. The minimum Gasteiger partial charge on any atom is -0.462 e. The van der Waals surface area contributed by atoms with Gasteiger partial charge in [0.05, 0.1) is 24.3 Å². The fourth-order valence-electron chi connectivity index (χ4n) is 3.26. The molecule has 1 radical (unpaired) electrons. The molecule has 0 aromatic heterocycles. The molecule has 0 heterocycles. The van der Waals surface area contributed by atoms with Gasteiger partial charge in [-0.25, -0.2) is 9.59 Å². The third-order valence-electron chi connectivity index (χ3n) is 5.06. The molecule has 0 saturated heterocycles. The van der Waals surface area contributed by atoms with Crippen molar-refractivity contribution in [1.29, 1.82) is 0 Å². The normalized spacial score (nSPS) is 10.5. The Morgan fingerprint density at radius 3 is 1.55 bits per heavy atom. The molecule has 0 unspecified atom stereocenters. The molecule has 0 aliphatic rings. The van der Waals surface area contributed by atoms with Gasteiger partial charge in [-0.1, -0.05) is 78.1 Å². The highest BCUT2D eigenvalue weighted by atomic mass is 16.5. The Bertz CT molecular complexity index is 611. The van der Waals surface area contributed by atoms with E-state index in [4.69, 9.17) is 9.47 Å². The summed E-state index contributed by atoms with van der Waals surface area (Å²) in [6.07, 6.45) is 14.7. The summed E-state index contributed by atoms with van der Waals surface area (Å²) in [7, 11) is 0. The van der Waals surface area contributed by atoms with Crippen LogP contribution in [0.15, 0.2) is 18.2 Å². The highest BCUT2D eigenvalue weighted by Crippen LogP contribution is 2.17. The van der Waals surface area contributed by atoms with Crippen LogP contribution in [0.4, 0.5) is 5.69 Å². The van der Waals surface area contributed by atoms with Gasteiger partial charge in [0.15, 0.2) is 0 Å². The topological polar surface area (TPSA) is 81.7 Å². The maximum absolute atomic E-state index is 12.4. The molecular weight excluding hydrogens is 394 g/mol. The highest BCUT2D eigenvalue weighted by Gasteiger charge is 2.15. The summed E-state index contributed by atoms with van der Waals surface area (Å²) in [6.45, 7) is 5.01. The summed E-state index contributed by atoms with van der Waals surface area (Å²) in [5, 5.41) is 2.37. The Morgan fingerprint density at radius 1 is 0.710 bits per heavy atom. The lowest BCUT2D eigenvalue weighted by Gasteiger charge is -2.10. The molecular formula is C25H38NO5. The Morgan fingerprint density at radius 2 is 1.13 bits per heavy atom. The fourth-order valence-corrected chi connectivity index (χ4v) is 3.26. The van der Waals surface area contributed by atoms with E-state index in [2.05, 4.69) is 19.2 Å². The predicted molar refractivity (Wildman–Crippen MR) is 123 cm³/mol. The van der Waals surface area contributed by atoms with Crippen molar-refractivity contribution in [2.24, 2.45) is 0 Å². The lowest BCUT2D eigenvalue weighted by atomic mass is 10.1. The molecule has 0 bridgehead atoms. The zero-order valence-corrected chi connectivity index (χ0v) is 19.2. The van der Waals surface area contributed by atoms with Crippen LogP contribution >= 0.6 is 0 Å². The van der Waals surface area contributed by atoms with Gasteiger partial charge in [-0.05, 0) is 31.0 Å². The SMILES string of the molecule is CCCCCCCCOC(=O)c1cc(N[C]=O)cc(C(=O)OCCCCCCCC)c1. The third kappa shape index (κ3) is 12.2. The summed E-state index contributed by atoms with van der Waals surface area (Å²) in [6, 6.07) is 4.39. The Balaban J connectivity index is 2.54. The molecule has 31 heavy (non-hydrogen) atoms. The van der Waals surface area contributed by atoms with E-state index in [0.717, 1.165) is 38.5 Å². The number of hydrogen-bond acceptors (Lipinski definition) is 5. The predicted octanol–water partition coefficient (Wildman–Crippen LogP) is 6.20. The van der Waals surface area contributed by atoms with E-state index in [9.17, 15) is 14.4 Å². The number of amides is 1. The van der Waals surface area contributed by atoms with Gasteiger partial charge in [-0.15, -0.1) is 0 Å². The number of nitrogens with one attached hydrogen (secondary N) is 1. The minimum atomic E-state index is -0.520. The zero-order valence-electron chi connectivity index (χ0n) is 19.2. The third-order valence-corrected chi connectivity index (χ3v) is 5.06. The van der Waals surface area contributed by atoms with Crippen LogP contribution in [0.5, 0.6) is 0 Å². The van der Waals surface area contributed by atoms with Crippen molar-refractivity contribution in [3.8, 4) is 0 Å². The van der Waals surface area contributed by atoms with Crippen LogP contribution in [0.25, 0.3) is 0 Å². The van der Waals surface area contributed by atoms with Gasteiger partial charge in [0.1, 0.15) is 0 Å². The molecule has 1 amide bonds. The van der Waals surface area contributed by atoms with Crippen molar-refractivity contribution >= 4 is 24.0 Å². The van der Waals surface area contributed by atoms with Gasteiger partial charge in [0.2, 0.25) is 0 Å². The van der Waals surface area contributed by atoms with E-state index in [0.29, 0.717) is 18.9 Å². The van der Waals surface area contributed by atoms with Gasteiger partial charge in [0.25, 0.3) is 0 Å². The van der Waals surface area contributed by atoms with Gasteiger partial charge in [-0.3, -0.25) is 4.79 Å². The van der Waals surface area contributed by atoms with Gasteiger partial charge < -0.3 is 14.8 Å². The van der Waals surface area contributed by atoms with Crippen LogP contribution in [0, 0.1) is 0 Å². The summed E-state index contributed by atoms with van der Waals surface area (Å²) in [5.74, 6) is -1.04. The first-order chi connectivity index (χ1) is 15.1. The summed E-state index contributed by atoms with van der Waals surface area (Å²) < 4.78 is 10.7. The van der Waals surface area contributed by atoms with E-state index < -0.39 is 11.9 Å². The number of esters is 2. The van der Waals surface area contributed by atoms with Gasteiger partial charge in [0, 0.05) is 5.69 Å². The largest absolute Gasteiger partial charge is 0.462 e. The molecule has 0 saturated carbocycles. The zero-order chi connectivity index (χ0) is 22.7. The molecule has 173 valence electrons. The first-order valence-electron chi connectivity index (χ1n) is 11.7. The maximum Gasteiger partial charge on any atom is 0.338 e. The van der Waals surface area contributed by atoms with Crippen LogP contribution in [0.2, 0.25) is 0 Å². The highest BCUT2D eigenvalue weighted by molar-refractivity contribution is 5.97. The van der Waals surface area contributed by atoms with Crippen molar-refractivity contribution in [2.45, 2.75) is 90.9 Å². The maximum atomic E-state index is 12.4. The number of unbranched alkanes of at least 4 members (excludes halogenated alkanes) is 10. The number of rotatable bonds is 18. The number of carbonyl (C=O) groups excluding carboxylic acids is 3. The van der Waals surface area contributed by atoms with Crippen LogP contribution in [-0.2, 0) is 14.3 Å². The Hall–Kier alpha value is -2.37. The first-order valence-corrected chi connectivity index (χ1v) is 11.7. The van der Waals surface area contributed by atoms with E-state index in [-0.39, 0.29) is 11.1 Å². The van der Waals surface area contributed by atoms with E-state index in [1.54, 1.807) is 6.41 Å². The van der Waals surface area contributed by atoms with Crippen molar-refractivity contribution in [3.05, 3.63) is 29.3 Å². The summed E-state index contributed by atoms with van der Waals surface area (Å²) >= 11 is 0. The Labute approximate surface area is 187 Å². The molecule has 1 aromatic rings. The lowest BCUT2D eigenvalue weighted by Crippen LogP contribution is -2.12. The van der Waals surface area contributed by atoms with E-state index in [1.807, 2.05) is 0 Å². The number of anilines is 1. The second-order valence-electron chi connectivity index (χ2n) is 7.83. The van der Waals surface area contributed by atoms with Crippen LogP contribution < -0.4 is 5.32 Å². The molecule has 1 aromatic carbocycles. The average Bonchev–Trinajstić information content (AvgIpc) is 2.77. The van der Waals surface area contributed by atoms with Crippen molar-refractivity contribution in [2.75, 3.05) is 18.5 Å². The molecule has 1 N–H and O–H groups in total. The second kappa shape index (κ2) is 17.3. The van der Waals surface area contributed by atoms with Crippen LogP contribution in [0.3, 0.4) is 0 Å². The summed E-state index contributed by atoms with van der Waals surface area (Å²) in [4.78, 5) is 35.5. The smallest absolute Gasteiger partial charge is 0.338 e. The monoisotopic (exact) mass is 432 g/mol. The number of ether oxygens (including phenoxy) is 2. The number of hydrogen-bond donors (Lipinski definition) is 1. The number of benzene rings is 1. The van der Waals surface area contributed by atoms with Crippen molar-refractivity contribution in [3.63, 3.8) is 0 Å². The molecule has 6 nitrogen and oxygen atoms in total. The fraction of sp³-hybridized carbons (Fsp3) is 0.640. The Kier molecular flexibility index (Phi) is 14.9. The molecule has 1 rings (SSSR count). The lowest BCUT2D eigenvalue weighted by molar-refractivity contribution is 0.0496. The first kappa shape index (κ1) is 26.7. The molecule has 0 aliphatic heterocycles. The van der Waals surface area contributed by atoms with Crippen LogP contribution in [0.1, 0.15) is 112 Å². The standard InChI is InChI=1S/C25H38NO5/c1-3-5-7-9-11-13-15-30-24(28)21-17-22(19-23(18-21)26-20-27)25(29)31-16-14-12-10-8-6-4-2/h17-19H,3-16H2,1-2H3,(H,26,27). The molecule has 0 spiro atoms. The molecule has 6 heteroatoms. The molecule has 0 aliphatic carbocycles. The van der Waals surface area contributed by atoms with E-state index >= 15 is 0 Å². The van der Waals surface area contributed by atoms with Gasteiger partial charge >= 0.3 is 18.3 Å². The van der Waals surface area contributed by atoms with Crippen molar-refractivity contribution < 1.29 is 23.9 Å². The molecule has 0 fully saturated rings. The molecule has 0 atom stereocenters. The second-order valence-corrected chi connectivity index (χ2v) is 7.83. The number of carbonyl (C=O) groups is 2. The van der Waals surface area contributed by atoms with Gasteiger partial charge in [-0.2, -0.15) is 0 Å².